The SMILES string of the molecule is C=C(C(=O)Oc1ccc(SSc2ccc(OC(=O)C(=C)c3ccccc3)cc2)cc1)c1ccccc1. The molecule has 0 saturated carbocycles. The standard InChI is InChI=1S/C30H22O4S2/c1-21(23-9-5-3-6-10-23)29(31)33-25-13-17-27(18-14-25)35-36-28-19-15-26(16-20-28)34-30(32)22(2)24-11-7-4-8-12-24/h3-20H,1-2H2. The van der Waals surface area contributed by atoms with Crippen molar-refractivity contribution in [2.45, 2.75) is 9.79 Å². The summed E-state index contributed by atoms with van der Waals surface area (Å²) >= 11 is 0. The van der Waals surface area contributed by atoms with Gasteiger partial charge in [-0.1, -0.05) is 95.4 Å². The van der Waals surface area contributed by atoms with Gasteiger partial charge >= 0.3 is 11.9 Å². The Labute approximate surface area is 218 Å². The van der Waals surface area contributed by atoms with Gasteiger partial charge in [0.1, 0.15) is 11.5 Å². The van der Waals surface area contributed by atoms with Gasteiger partial charge in [-0.05, 0) is 59.7 Å². The maximum Gasteiger partial charge on any atom is 0.343 e. The zero-order valence-electron chi connectivity index (χ0n) is 19.3. The lowest BCUT2D eigenvalue weighted by atomic mass is 10.1. The summed E-state index contributed by atoms with van der Waals surface area (Å²) < 4.78 is 10.9. The van der Waals surface area contributed by atoms with Crippen LogP contribution >= 0.6 is 21.6 Å². The van der Waals surface area contributed by atoms with Gasteiger partial charge in [0.25, 0.3) is 0 Å². The molecule has 4 nitrogen and oxygen atoms in total. The molecule has 0 heterocycles. The fourth-order valence-corrected chi connectivity index (χ4v) is 5.01. The maximum atomic E-state index is 12.3. The number of rotatable bonds is 9. The molecule has 0 aliphatic carbocycles. The van der Waals surface area contributed by atoms with Crippen LogP contribution in [0.1, 0.15) is 11.1 Å². The fourth-order valence-electron chi connectivity index (χ4n) is 3.07. The van der Waals surface area contributed by atoms with Crippen LogP contribution in [0.4, 0.5) is 0 Å². The summed E-state index contributed by atoms with van der Waals surface area (Å²) in [6, 6.07) is 33.0. The number of hydrogen-bond acceptors (Lipinski definition) is 6. The van der Waals surface area contributed by atoms with Gasteiger partial charge in [0, 0.05) is 9.79 Å². The number of carbonyl (C=O) groups is 2. The van der Waals surface area contributed by atoms with E-state index in [0.717, 1.165) is 20.9 Å². The molecular formula is C30H22O4S2. The molecule has 0 aromatic heterocycles. The Balaban J connectivity index is 1.26. The van der Waals surface area contributed by atoms with Crippen LogP contribution in [0.3, 0.4) is 0 Å². The lowest BCUT2D eigenvalue weighted by Crippen LogP contribution is -2.09. The van der Waals surface area contributed by atoms with E-state index < -0.39 is 11.9 Å². The molecule has 4 aromatic carbocycles. The molecule has 36 heavy (non-hydrogen) atoms. The maximum absolute atomic E-state index is 12.3. The first-order valence-electron chi connectivity index (χ1n) is 11.0. The summed E-state index contributed by atoms with van der Waals surface area (Å²) in [4.78, 5) is 26.7. The van der Waals surface area contributed by atoms with Crippen LogP contribution in [-0.2, 0) is 9.59 Å². The van der Waals surface area contributed by atoms with Crippen LogP contribution in [0.25, 0.3) is 11.1 Å². The highest BCUT2D eigenvalue weighted by molar-refractivity contribution is 8.76. The van der Waals surface area contributed by atoms with Crippen LogP contribution in [0.15, 0.2) is 132 Å². The highest BCUT2D eigenvalue weighted by Gasteiger charge is 2.13. The molecule has 0 aliphatic rings. The molecule has 0 aliphatic heterocycles. The first-order chi connectivity index (χ1) is 17.5. The third-order valence-electron chi connectivity index (χ3n) is 5.04. The van der Waals surface area contributed by atoms with E-state index in [0.29, 0.717) is 22.6 Å². The second-order valence-electron chi connectivity index (χ2n) is 7.58. The first kappa shape index (κ1) is 25.1. The van der Waals surface area contributed by atoms with Gasteiger partial charge in [-0.25, -0.2) is 9.59 Å². The molecule has 0 unspecified atom stereocenters. The minimum absolute atomic E-state index is 0.308. The Morgan fingerprint density at radius 1 is 0.500 bits per heavy atom. The highest BCUT2D eigenvalue weighted by Crippen LogP contribution is 2.38. The molecule has 0 bridgehead atoms. The zero-order chi connectivity index (χ0) is 25.3. The van der Waals surface area contributed by atoms with Gasteiger partial charge < -0.3 is 9.47 Å². The molecule has 0 amide bonds. The van der Waals surface area contributed by atoms with Crippen LogP contribution < -0.4 is 9.47 Å². The smallest absolute Gasteiger partial charge is 0.343 e. The molecule has 6 heteroatoms. The number of carbonyl (C=O) groups excluding carboxylic acids is 2. The summed E-state index contributed by atoms with van der Waals surface area (Å²) in [6.07, 6.45) is 0. The van der Waals surface area contributed by atoms with Crippen LogP contribution in [0, 0.1) is 0 Å². The lowest BCUT2D eigenvalue weighted by molar-refractivity contribution is -0.128. The van der Waals surface area contributed by atoms with Gasteiger partial charge in [-0.3, -0.25) is 0 Å². The fraction of sp³-hybridized carbons (Fsp3) is 0. The number of ether oxygens (including phenoxy) is 2. The van der Waals surface area contributed by atoms with Crippen LogP contribution in [-0.4, -0.2) is 11.9 Å². The molecule has 4 aromatic rings. The zero-order valence-corrected chi connectivity index (χ0v) is 20.9. The number of hydrogen-bond donors (Lipinski definition) is 0. The average Bonchev–Trinajstić information content (AvgIpc) is 2.93. The summed E-state index contributed by atoms with van der Waals surface area (Å²) in [7, 11) is 3.13. The average molecular weight is 511 g/mol. The van der Waals surface area contributed by atoms with Crippen LogP contribution in [0.5, 0.6) is 11.5 Å². The minimum atomic E-state index is -0.482. The minimum Gasteiger partial charge on any atom is -0.423 e. The van der Waals surface area contributed by atoms with E-state index in [1.165, 1.54) is 0 Å². The second kappa shape index (κ2) is 12.1. The third kappa shape index (κ3) is 6.78. The largest absolute Gasteiger partial charge is 0.423 e. The van der Waals surface area contributed by atoms with Crippen molar-refractivity contribution < 1.29 is 19.1 Å². The monoisotopic (exact) mass is 510 g/mol. The summed E-state index contributed by atoms with van der Waals surface area (Å²) in [5, 5.41) is 0. The van der Waals surface area contributed by atoms with E-state index in [1.807, 2.05) is 84.9 Å². The Morgan fingerprint density at radius 2 is 0.833 bits per heavy atom. The lowest BCUT2D eigenvalue weighted by Gasteiger charge is -2.08. The Morgan fingerprint density at radius 3 is 1.17 bits per heavy atom. The van der Waals surface area contributed by atoms with Crippen LogP contribution in [0.2, 0.25) is 0 Å². The summed E-state index contributed by atoms with van der Waals surface area (Å²) in [5.41, 5.74) is 2.08. The molecule has 0 spiro atoms. The topological polar surface area (TPSA) is 52.6 Å². The van der Waals surface area contributed by atoms with Gasteiger partial charge in [-0.2, -0.15) is 0 Å². The molecule has 0 saturated heterocycles. The summed E-state index contributed by atoms with van der Waals surface area (Å²) in [6.45, 7) is 7.66. The Kier molecular flexibility index (Phi) is 8.44. The predicted octanol–water partition coefficient (Wildman–Crippen LogP) is 7.72. The van der Waals surface area contributed by atoms with Gasteiger partial charge in [0.2, 0.25) is 0 Å². The van der Waals surface area contributed by atoms with E-state index in [4.69, 9.17) is 9.47 Å². The molecule has 178 valence electrons. The van der Waals surface area contributed by atoms with E-state index in [-0.39, 0.29) is 0 Å². The molecular weight excluding hydrogens is 488 g/mol. The first-order valence-corrected chi connectivity index (χ1v) is 13.1. The predicted molar refractivity (Wildman–Crippen MR) is 147 cm³/mol. The van der Waals surface area contributed by atoms with Crippen molar-refractivity contribution in [3.05, 3.63) is 133 Å². The normalized spacial score (nSPS) is 10.3. The number of esters is 2. The van der Waals surface area contributed by atoms with Crippen molar-refractivity contribution in [1.29, 1.82) is 0 Å². The van der Waals surface area contributed by atoms with E-state index >= 15 is 0 Å². The molecule has 0 atom stereocenters. The molecule has 0 radical (unpaired) electrons. The van der Waals surface area contributed by atoms with E-state index in [2.05, 4.69) is 13.2 Å². The van der Waals surface area contributed by atoms with Gasteiger partial charge in [-0.15, -0.1) is 0 Å². The van der Waals surface area contributed by atoms with E-state index in [9.17, 15) is 9.59 Å². The van der Waals surface area contributed by atoms with Crippen molar-refractivity contribution >= 4 is 44.7 Å². The Hall–Kier alpha value is -4.00. The number of benzene rings is 4. The van der Waals surface area contributed by atoms with E-state index in [1.54, 1.807) is 45.9 Å². The Bertz CT molecular complexity index is 1260. The second-order valence-corrected chi connectivity index (χ2v) is 9.85. The molecule has 0 fully saturated rings. The molecule has 0 N–H and O–H groups in total. The van der Waals surface area contributed by atoms with Crippen molar-refractivity contribution in [3.63, 3.8) is 0 Å². The molecule has 4 rings (SSSR count). The van der Waals surface area contributed by atoms with Crippen molar-refractivity contribution in [3.8, 4) is 11.5 Å². The van der Waals surface area contributed by atoms with Gasteiger partial charge in [0.05, 0.1) is 11.1 Å². The highest BCUT2D eigenvalue weighted by atomic mass is 33.1. The van der Waals surface area contributed by atoms with Crippen molar-refractivity contribution in [1.82, 2.24) is 0 Å². The quantitative estimate of drug-likeness (QED) is 0.0994. The third-order valence-corrected chi connectivity index (χ3v) is 7.46. The van der Waals surface area contributed by atoms with Crippen molar-refractivity contribution in [2.75, 3.05) is 0 Å². The van der Waals surface area contributed by atoms with Gasteiger partial charge in [0.15, 0.2) is 0 Å². The van der Waals surface area contributed by atoms with Crippen molar-refractivity contribution in [2.24, 2.45) is 0 Å². The summed E-state index contributed by atoms with van der Waals surface area (Å²) in [5.74, 6) is -0.0578.